The smallest absolute Gasteiger partial charge is 0.269 e. The van der Waals surface area contributed by atoms with Gasteiger partial charge in [0.05, 0.1) is 10.8 Å². The van der Waals surface area contributed by atoms with E-state index in [-0.39, 0.29) is 0 Å². The van der Waals surface area contributed by atoms with Crippen LogP contribution >= 0.6 is 0 Å². The first-order valence-corrected chi connectivity index (χ1v) is 17.6. The highest BCUT2D eigenvalue weighted by molar-refractivity contribution is 6.25. The number of hydrogen-bond acceptors (Lipinski definition) is 0. The lowest BCUT2D eigenvalue weighted by Crippen LogP contribution is -1.92. The Morgan fingerprint density at radius 2 is 0.745 bits per heavy atom. The van der Waals surface area contributed by atoms with Crippen LogP contribution in [0.2, 0.25) is 0 Å². The SMILES string of the molecule is c1ccc2cc(-c3ccc(-c4c5ccccc5c(-c5ccc6[oH+]c7cc8ccccc8cc7c6c5)c5ccccc45)c4ccccc34)ccc2c1. The van der Waals surface area contributed by atoms with Gasteiger partial charge in [-0.1, -0.05) is 146 Å². The molecule has 0 saturated carbocycles. The van der Waals surface area contributed by atoms with E-state index < -0.39 is 0 Å². The van der Waals surface area contributed by atoms with Crippen molar-refractivity contribution in [1.29, 1.82) is 0 Å². The molecule has 0 aliphatic carbocycles. The molecule has 1 heteroatoms. The van der Waals surface area contributed by atoms with Crippen LogP contribution in [-0.2, 0) is 0 Å². The zero-order valence-electron chi connectivity index (χ0n) is 27.8. The molecule has 11 rings (SSSR count). The molecular weight excluding hydrogens is 617 g/mol. The maximum absolute atomic E-state index is 5.05. The molecule has 10 aromatic carbocycles. The van der Waals surface area contributed by atoms with E-state index in [1.165, 1.54) is 98.0 Å². The second-order valence-electron chi connectivity index (χ2n) is 13.7. The molecule has 0 spiro atoms. The Balaban J connectivity index is 1.17. The maximum Gasteiger partial charge on any atom is 0.269 e. The minimum atomic E-state index is 1.03. The third kappa shape index (κ3) is 4.28. The van der Waals surface area contributed by atoms with Gasteiger partial charge in [0, 0.05) is 12.1 Å². The molecule has 0 aliphatic rings. The first-order valence-electron chi connectivity index (χ1n) is 17.6. The molecule has 11 aromatic rings. The summed E-state index contributed by atoms with van der Waals surface area (Å²) in [6, 6.07) is 66.8. The number of rotatable bonds is 3. The van der Waals surface area contributed by atoms with Crippen LogP contribution in [0.4, 0.5) is 0 Å². The average Bonchev–Trinajstić information content (AvgIpc) is 3.55. The molecule has 1 aromatic heterocycles. The van der Waals surface area contributed by atoms with Gasteiger partial charge in [0.15, 0.2) is 0 Å². The highest BCUT2D eigenvalue weighted by Crippen LogP contribution is 2.47. The summed E-state index contributed by atoms with van der Waals surface area (Å²) in [6.45, 7) is 0. The third-order valence-corrected chi connectivity index (χ3v) is 10.9. The van der Waals surface area contributed by atoms with Gasteiger partial charge in [-0.3, -0.25) is 0 Å². The fourth-order valence-corrected chi connectivity index (χ4v) is 8.53. The number of hydrogen-bond donors (Lipinski definition) is 0. The van der Waals surface area contributed by atoms with Crippen molar-refractivity contribution in [3.63, 3.8) is 0 Å². The first-order chi connectivity index (χ1) is 25.3. The Kier molecular flexibility index (Phi) is 6.02. The lowest BCUT2D eigenvalue weighted by atomic mass is 9.83. The molecule has 0 atom stereocenters. The summed E-state index contributed by atoms with van der Waals surface area (Å²) in [6.07, 6.45) is 0. The Bertz CT molecular complexity index is 3140. The van der Waals surface area contributed by atoms with E-state index in [1.54, 1.807) is 0 Å². The molecule has 0 amide bonds. The summed E-state index contributed by atoms with van der Waals surface area (Å²) in [5, 5.41) is 14.9. The number of fused-ring (bicyclic) bond motifs is 8. The van der Waals surface area contributed by atoms with E-state index in [1.807, 2.05) is 0 Å². The Morgan fingerprint density at radius 1 is 0.255 bits per heavy atom. The summed E-state index contributed by atoms with van der Waals surface area (Å²) >= 11 is 0. The minimum Gasteiger partial charge on any atom is -0.545 e. The molecule has 0 bridgehead atoms. The fourth-order valence-electron chi connectivity index (χ4n) is 8.53. The predicted octanol–water partition coefficient (Wildman–Crippen LogP) is 14.5. The monoisotopic (exact) mass is 647 g/mol. The van der Waals surface area contributed by atoms with E-state index in [9.17, 15) is 0 Å². The topological polar surface area (TPSA) is 12.8 Å². The molecule has 0 saturated heterocycles. The van der Waals surface area contributed by atoms with Crippen molar-refractivity contribution in [2.45, 2.75) is 0 Å². The molecule has 0 fully saturated rings. The van der Waals surface area contributed by atoms with Crippen molar-refractivity contribution in [3.05, 3.63) is 182 Å². The molecule has 0 radical (unpaired) electrons. The summed E-state index contributed by atoms with van der Waals surface area (Å²) in [5.41, 5.74) is 9.57. The number of benzene rings is 10. The first kappa shape index (κ1) is 28.2. The standard InChI is InChI=1S/C50H30O/c1-2-12-32-27-35(22-21-31(32)11-1)37-24-25-44(39-16-6-5-15-38(37)39)50-42-19-9-7-17-40(42)49(41-18-8-10-20-43(41)50)36-23-26-47-45(29-36)46-28-33-13-3-4-14-34(33)30-48(46)51-47/h1-30H/p+1. The maximum atomic E-state index is 5.05. The lowest BCUT2D eigenvalue weighted by molar-refractivity contribution is 0.669. The van der Waals surface area contributed by atoms with Gasteiger partial charge in [-0.25, -0.2) is 0 Å². The largest absolute Gasteiger partial charge is 0.545 e. The summed E-state index contributed by atoms with van der Waals surface area (Å²) < 4.78 is 5.05. The van der Waals surface area contributed by atoms with Crippen molar-refractivity contribution in [2.75, 3.05) is 0 Å². The van der Waals surface area contributed by atoms with E-state index in [2.05, 4.69) is 182 Å². The molecule has 51 heavy (non-hydrogen) atoms. The van der Waals surface area contributed by atoms with Gasteiger partial charge >= 0.3 is 0 Å². The van der Waals surface area contributed by atoms with Gasteiger partial charge in [0.2, 0.25) is 0 Å². The van der Waals surface area contributed by atoms with Crippen molar-refractivity contribution in [1.82, 2.24) is 0 Å². The number of furan rings is 1. The molecule has 1 nitrogen and oxygen atoms in total. The van der Waals surface area contributed by atoms with Crippen LogP contribution in [-0.4, -0.2) is 0 Å². The van der Waals surface area contributed by atoms with Gasteiger partial charge in [0.1, 0.15) is 0 Å². The lowest BCUT2D eigenvalue weighted by Gasteiger charge is -2.19. The van der Waals surface area contributed by atoms with E-state index in [0.29, 0.717) is 0 Å². The van der Waals surface area contributed by atoms with Crippen molar-refractivity contribution in [2.24, 2.45) is 0 Å². The predicted molar refractivity (Wildman–Crippen MR) is 219 cm³/mol. The van der Waals surface area contributed by atoms with E-state index >= 15 is 0 Å². The van der Waals surface area contributed by atoms with Crippen LogP contribution in [0.1, 0.15) is 0 Å². The van der Waals surface area contributed by atoms with Crippen molar-refractivity contribution < 1.29 is 4.42 Å². The van der Waals surface area contributed by atoms with Gasteiger partial charge in [-0.05, 0) is 112 Å². The third-order valence-electron chi connectivity index (χ3n) is 10.9. The van der Waals surface area contributed by atoms with Gasteiger partial charge in [0.25, 0.3) is 11.2 Å². The molecule has 0 unspecified atom stereocenters. The average molecular weight is 648 g/mol. The normalized spacial score (nSPS) is 11.9. The van der Waals surface area contributed by atoms with Crippen LogP contribution in [0.25, 0.3) is 109 Å². The van der Waals surface area contributed by atoms with Crippen LogP contribution in [0.15, 0.2) is 186 Å². The fraction of sp³-hybridized carbons (Fsp3) is 0. The van der Waals surface area contributed by atoms with Gasteiger partial charge in [-0.15, -0.1) is 0 Å². The minimum absolute atomic E-state index is 1.03. The second-order valence-corrected chi connectivity index (χ2v) is 13.7. The summed E-state index contributed by atoms with van der Waals surface area (Å²) in [5.74, 6) is 0. The van der Waals surface area contributed by atoms with Crippen LogP contribution in [0, 0.1) is 0 Å². The zero-order valence-corrected chi connectivity index (χ0v) is 27.8. The second kappa shape index (κ2) is 10.9. The molecule has 1 N–H and O–H groups in total. The van der Waals surface area contributed by atoms with Crippen LogP contribution in [0.3, 0.4) is 0 Å². The Labute approximate surface area is 294 Å². The highest BCUT2D eigenvalue weighted by atomic mass is 16.3. The van der Waals surface area contributed by atoms with Crippen LogP contribution < -0.4 is 0 Å². The van der Waals surface area contributed by atoms with Crippen molar-refractivity contribution in [3.8, 4) is 33.4 Å². The quantitative estimate of drug-likeness (QED) is 0.134. The van der Waals surface area contributed by atoms with E-state index in [4.69, 9.17) is 4.42 Å². The van der Waals surface area contributed by atoms with Crippen molar-refractivity contribution >= 4 is 75.8 Å². The zero-order chi connectivity index (χ0) is 33.5. The molecule has 0 aliphatic heterocycles. The van der Waals surface area contributed by atoms with Gasteiger partial charge < -0.3 is 4.42 Å². The Morgan fingerprint density at radius 3 is 1.43 bits per heavy atom. The molecule has 236 valence electrons. The highest BCUT2D eigenvalue weighted by Gasteiger charge is 2.21. The van der Waals surface area contributed by atoms with Gasteiger partial charge in [-0.2, -0.15) is 0 Å². The van der Waals surface area contributed by atoms with Crippen LogP contribution in [0.5, 0.6) is 0 Å². The molecule has 1 heterocycles. The molecular formula is C50H31O+. The Hall–Kier alpha value is -6.70. The summed E-state index contributed by atoms with van der Waals surface area (Å²) in [4.78, 5) is 0. The van der Waals surface area contributed by atoms with E-state index in [0.717, 1.165) is 11.2 Å². The summed E-state index contributed by atoms with van der Waals surface area (Å²) in [7, 11) is 0.